The van der Waals surface area contributed by atoms with Crippen LogP contribution in [0.4, 0.5) is 0 Å². The van der Waals surface area contributed by atoms with Crippen molar-refractivity contribution in [3.8, 4) is 5.75 Å². The van der Waals surface area contributed by atoms with E-state index in [2.05, 4.69) is 22.5 Å². The minimum atomic E-state index is 0.346. The van der Waals surface area contributed by atoms with Gasteiger partial charge in [0.2, 0.25) is 0 Å². The van der Waals surface area contributed by atoms with E-state index in [4.69, 9.17) is 4.74 Å². The molecule has 0 unspecified atom stereocenters. The molecule has 0 bridgehead atoms. The largest absolute Gasteiger partial charge is 0.488 e. The van der Waals surface area contributed by atoms with Gasteiger partial charge in [-0.05, 0) is 16.8 Å². The molecule has 0 radical (unpaired) electrons. The molecule has 2 aromatic carbocycles. The maximum Gasteiger partial charge on any atom is 0.154 e. The van der Waals surface area contributed by atoms with E-state index in [0.717, 1.165) is 21.5 Å². The molecule has 0 heterocycles. The molecule has 0 N–H and O–H groups in total. The van der Waals surface area contributed by atoms with Crippen molar-refractivity contribution in [3.05, 3.63) is 53.0 Å². The second kappa shape index (κ2) is 5.15. The standard InChI is InChI=1S/C14H11BrO2/c1-10(15)9-17-14-7-6-11-4-2-3-5-12(11)13(14)8-16/h2-8H,1,9H2. The molecule has 0 saturated heterocycles. The van der Waals surface area contributed by atoms with Crippen molar-refractivity contribution in [2.45, 2.75) is 0 Å². The Morgan fingerprint density at radius 1 is 1.29 bits per heavy atom. The molecule has 2 rings (SSSR count). The lowest BCUT2D eigenvalue weighted by Gasteiger charge is -2.09. The summed E-state index contributed by atoms with van der Waals surface area (Å²) in [4.78, 5) is 11.2. The van der Waals surface area contributed by atoms with Crippen molar-refractivity contribution in [2.24, 2.45) is 0 Å². The van der Waals surface area contributed by atoms with Crippen molar-refractivity contribution in [1.82, 2.24) is 0 Å². The fourth-order valence-electron chi connectivity index (χ4n) is 1.68. The second-order valence-electron chi connectivity index (χ2n) is 3.62. The van der Waals surface area contributed by atoms with Gasteiger partial charge in [-0.1, -0.05) is 52.8 Å². The van der Waals surface area contributed by atoms with Crippen LogP contribution in [0.5, 0.6) is 5.75 Å². The number of ether oxygens (including phenoxy) is 1. The molecule has 0 aromatic heterocycles. The van der Waals surface area contributed by atoms with E-state index < -0.39 is 0 Å². The second-order valence-corrected chi connectivity index (χ2v) is 4.74. The number of benzene rings is 2. The number of rotatable bonds is 4. The van der Waals surface area contributed by atoms with Crippen molar-refractivity contribution >= 4 is 33.0 Å². The fraction of sp³-hybridized carbons (Fsp3) is 0.0714. The summed E-state index contributed by atoms with van der Waals surface area (Å²) in [5.41, 5.74) is 0.580. The predicted molar refractivity (Wildman–Crippen MR) is 72.9 cm³/mol. The monoisotopic (exact) mass is 290 g/mol. The van der Waals surface area contributed by atoms with Crippen molar-refractivity contribution in [3.63, 3.8) is 0 Å². The summed E-state index contributed by atoms with van der Waals surface area (Å²) in [7, 11) is 0. The number of hydrogen-bond acceptors (Lipinski definition) is 2. The smallest absolute Gasteiger partial charge is 0.154 e. The van der Waals surface area contributed by atoms with Gasteiger partial charge in [0.25, 0.3) is 0 Å². The molecular weight excluding hydrogens is 280 g/mol. The highest BCUT2D eigenvalue weighted by molar-refractivity contribution is 9.11. The molecule has 2 nitrogen and oxygen atoms in total. The van der Waals surface area contributed by atoms with Gasteiger partial charge < -0.3 is 4.74 Å². The van der Waals surface area contributed by atoms with Crippen LogP contribution in [-0.2, 0) is 0 Å². The number of carbonyl (C=O) groups excluding carboxylic acids is 1. The Balaban J connectivity index is 2.49. The van der Waals surface area contributed by atoms with Crippen molar-refractivity contribution in [2.75, 3.05) is 6.61 Å². The summed E-state index contributed by atoms with van der Waals surface area (Å²) in [6, 6.07) is 11.5. The normalized spacial score (nSPS) is 10.2. The molecule has 3 heteroatoms. The molecule has 86 valence electrons. The zero-order valence-electron chi connectivity index (χ0n) is 9.15. The summed E-state index contributed by atoms with van der Waals surface area (Å²) in [5.74, 6) is 0.583. The van der Waals surface area contributed by atoms with Gasteiger partial charge in [0, 0.05) is 4.48 Å². The number of halogens is 1. The van der Waals surface area contributed by atoms with Gasteiger partial charge in [-0.25, -0.2) is 0 Å². The van der Waals surface area contributed by atoms with E-state index in [1.807, 2.05) is 36.4 Å². The van der Waals surface area contributed by atoms with Crippen LogP contribution in [-0.4, -0.2) is 12.9 Å². The quantitative estimate of drug-likeness (QED) is 0.797. The fourth-order valence-corrected chi connectivity index (χ4v) is 1.79. The molecule has 0 spiro atoms. The molecule has 0 fully saturated rings. The van der Waals surface area contributed by atoms with Crippen LogP contribution in [0.15, 0.2) is 47.5 Å². The molecule has 0 aliphatic rings. The third kappa shape index (κ3) is 2.56. The summed E-state index contributed by atoms with van der Waals surface area (Å²) >= 11 is 3.22. The van der Waals surface area contributed by atoms with E-state index >= 15 is 0 Å². The molecule has 2 aromatic rings. The third-order valence-corrected chi connectivity index (χ3v) is 2.66. The van der Waals surface area contributed by atoms with E-state index in [0.29, 0.717) is 17.9 Å². The number of fused-ring (bicyclic) bond motifs is 1. The summed E-state index contributed by atoms with van der Waals surface area (Å²) in [5, 5.41) is 1.93. The van der Waals surface area contributed by atoms with Crippen molar-refractivity contribution in [1.29, 1.82) is 0 Å². The SMILES string of the molecule is C=C(Br)COc1ccc2ccccc2c1C=O. The Hall–Kier alpha value is -1.61. The van der Waals surface area contributed by atoms with Crippen LogP contribution in [0.25, 0.3) is 10.8 Å². The molecule has 0 saturated carbocycles. The van der Waals surface area contributed by atoms with Crippen molar-refractivity contribution < 1.29 is 9.53 Å². The van der Waals surface area contributed by atoms with Crippen LogP contribution >= 0.6 is 15.9 Å². The van der Waals surface area contributed by atoms with E-state index in [9.17, 15) is 4.79 Å². The Morgan fingerprint density at radius 3 is 2.76 bits per heavy atom. The molecule has 0 atom stereocenters. The maximum absolute atomic E-state index is 11.2. The molecular formula is C14H11BrO2. The van der Waals surface area contributed by atoms with Gasteiger partial charge in [0.1, 0.15) is 12.4 Å². The number of aldehydes is 1. The van der Waals surface area contributed by atoms with Gasteiger partial charge in [-0.15, -0.1) is 0 Å². The molecule has 0 aliphatic carbocycles. The molecule has 0 aliphatic heterocycles. The van der Waals surface area contributed by atoms with Gasteiger partial charge in [-0.3, -0.25) is 4.79 Å². The number of hydrogen-bond donors (Lipinski definition) is 0. The third-order valence-electron chi connectivity index (χ3n) is 2.43. The number of carbonyl (C=O) groups is 1. The first-order chi connectivity index (χ1) is 8.22. The van der Waals surface area contributed by atoms with Crippen LogP contribution in [0.3, 0.4) is 0 Å². The Kier molecular flexibility index (Phi) is 3.59. The average Bonchev–Trinajstić information content (AvgIpc) is 2.35. The van der Waals surface area contributed by atoms with Crippen LogP contribution in [0.2, 0.25) is 0 Å². The van der Waals surface area contributed by atoms with Gasteiger partial charge in [0.05, 0.1) is 5.56 Å². The highest BCUT2D eigenvalue weighted by atomic mass is 79.9. The maximum atomic E-state index is 11.2. The van der Waals surface area contributed by atoms with Crippen LogP contribution < -0.4 is 4.74 Å². The average molecular weight is 291 g/mol. The first-order valence-corrected chi connectivity index (χ1v) is 5.94. The van der Waals surface area contributed by atoms with Crippen LogP contribution in [0.1, 0.15) is 10.4 Å². The first-order valence-electron chi connectivity index (χ1n) is 5.15. The van der Waals surface area contributed by atoms with E-state index in [-0.39, 0.29) is 0 Å². The zero-order chi connectivity index (χ0) is 12.3. The summed E-state index contributed by atoms with van der Waals surface area (Å²) in [6.07, 6.45) is 0.828. The lowest BCUT2D eigenvalue weighted by atomic mass is 10.0. The van der Waals surface area contributed by atoms with Gasteiger partial charge >= 0.3 is 0 Å². The van der Waals surface area contributed by atoms with E-state index in [1.165, 1.54) is 0 Å². The highest BCUT2D eigenvalue weighted by Crippen LogP contribution is 2.27. The minimum Gasteiger partial charge on any atom is -0.488 e. The predicted octanol–water partition coefficient (Wildman–Crippen LogP) is 3.94. The summed E-state index contributed by atoms with van der Waals surface area (Å²) < 4.78 is 6.26. The first kappa shape index (κ1) is 11.9. The summed E-state index contributed by atoms with van der Waals surface area (Å²) in [6.45, 7) is 4.04. The van der Waals surface area contributed by atoms with Gasteiger partial charge in [-0.2, -0.15) is 0 Å². The van der Waals surface area contributed by atoms with E-state index in [1.54, 1.807) is 0 Å². The lowest BCUT2D eigenvalue weighted by Crippen LogP contribution is -1.99. The highest BCUT2D eigenvalue weighted by Gasteiger charge is 2.07. The molecule has 17 heavy (non-hydrogen) atoms. The Labute approximate surface area is 108 Å². The minimum absolute atomic E-state index is 0.346. The zero-order valence-corrected chi connectivity index (χ0v) is 10.7. The Bertz CT molecular complexity index is 575. The lowest BCUT2D eigenvalue weighted by molar-refractivity contribution is 0.112. The van der Waals surface area contributed by atoms with Gasteiger partial charge in [0.15, 0.2) is 6.29 Å². The molecule has 0 amide bonds. The topological polar surface area (TPSA) is 26.3 Å². The Morgan fingerprint density at radius 2 is 2.06 bits per heavy atom. The van der Waals surface area contributed by atoms with Crippen LogP contribution in [0, 0.1) is 0 Å².